The van der Waals surface area contributed by atoms with Crippen molar-refractivity contribution in [1.82, 2.24) is 14.9 Å². The molecule has 2 aromatic rings. The van der Waals surface area contributed by atoms with E-state index in [1.54, 1.807) is 12.1 Å². The van der Waals surface area contributed by atoms with Crippen LogP contribution in [0.15, 0.2) is 36.7 Å². The van der Waals surface area contributed by atoms with E-state index in [1.165, 1.54) is 6.20 Å². The molecule has 0 aliphatic carbocycles. The Morgan fingerprint density at radius 1 is 1.25 bits per heavy atom. The van der Waals surface area contributed by atoms with Gasteiger partial charge in [-0.25, -0.2) is 4.98 Å². The number of anilines is 1. The normalized spacial score (nSPS) is 10.7. The fourth-order valence-corrected chi connectivity index (χ4v) is 2.21. The lowest BCUT2D eigenvalue weighted by atomic mass is 10.1. The molecular weight excluding hydrogens is 318 g/mol. The van der Waals surface area contributed by atoms with E-state index in [4.69, 9.17) is 0 Å². The van der Waals surface area contributed by atoms with Crippen molar-refractivity contribution >= 4 is 17.5 Å². The van der Waals surface area contributed by atoms with Crippen LogP contribution in [0.2, 0.25) is 0 Å². The molecule has 0 saturated carbocycles. The number of imidazole rings is 1. The van der Waals surface area contributed by atoms with Gasteiger partial charge in [-0.1, -0.05) is 25.1 Å². The minimum absolute atomic E-state index is 0.0331. The third-order valence-corrected chi connectivity index (χ3v) is 3.45. The zero-order valence-electron chi connectivity index (χ0n) is 13.1. The molecule has 1 aromatic carbocycles. The van der Waals surface area contributed by atoms with Gasteiger partial charge in [0.25, 0.3) is 0 Å². The Hall–Kier alpha value is -2.77. The third kappa shape index (κ3) is 4.37. The Labute approximate surface area is 137 Å². The van der Waals surface area contributed by atoms with Crippen LogP contribution >= 0.6 is 0 Å². The van der Waals surface area contributed by atoms with Crippen LogP contribution in [0.3, 0.4) is 0 Å². The number of amides is 2. The molecule has 6 nitrogen and oxygen atoms in total. The van der Waals surface area contributed by atoms with Crippen molar-refractivity contribution in [3.05, 3.63) is 48.0 Å². The van der Waals surface area contributed by atoms with Crippen LogP contribution in [-0.4, -0.2) is 27.9 Å². The summed E-state index contributed by atoms with van der Waals surface area (Å²) in [7, 11) is 0. The summed E-state index contributed by atoms with van der Waals surface area (Å²) in [6.07, 6.45) is 3.24. The summed E-state index contributed by atoms with van der Waals surface area (Å²) in [5.74, 6) is -1.48. The molecule has 2 amide bonds. The first kappa shape index (κ1) is 17.6. The number of benzene rings is 1. The quantitative estimate of drug-likeness (QED) is 0.794. The van der Waals surface area contributed by atoms with Crippen molar-refractivity contribution in [2.75, 3.05) is 11.9 Å². The van der Waals surface area contributed by atoms with E-state index >= 15 is 0 Å². The van der Waals surface area contributed by atoms with Crippen LogP contribution in [0.25, 0.3) is 0 Å². The molecule has 0 atom stereocenters. The second-order valence-electron chi connectivity index (χ2n) is 5.00. The lowest BCUT2D eigenvalue weighted by Crippen LogP contribution is -2.36. The second-order valence-corrected chi connectivity index (χ2v) is 5.00. The topological polar surface area (TPSA) is 76.0 Å². The van der Waals surface area contributed by atoms with Crippen molar-refractivity contribution in [2.45, 2.75) is 26.3 Å². The second kappa shape index (κ2) is 8.19. The molecule has 1 aromatic heterocycles. The Balaban J connectivity index is 1.86. The predicted octanol–water partition coefficient (Wildman–Crippen LogP) is 2.14. The van der Waals surface area contributed by atoms with E-state index in [-0.39, 0.29) is 18.8 Å². The van der Waals surface area contributed by atoms with Crippen molar-refractivity contribution in [1.29, 1.82) is 0 Å². The van der Waals surface area contributed by atoms with Crippen LogP contribution in [0.5, 0.6) is 0 Å². The fourth-order valence-electron chi connectivity index (χ4n) is 2.21. The maximum absolute atomic E-state index is 12.7. The summed E-state index contributed by atoms with van der Waals surface area (Å²) >= 11 is 0. The SMILES string of the molecule is CCc1ccccc1NC(=O)C(=O)NCCc1nccn1C(F)F. The highest BCUT2D eigenvalue weighted by atomic mass is 19.3. The van der Waals surface area contributed by atoms with E-state index in [1.807, 2.05) is 19.1 Å². The van der Waals surface area contributed by atoms with Crippen LogP contribution in [-0.2, 0) is 22.4 Å². The van der Waals surface area contributed by atoms with Crippen molar-refractivity contribution in [3.8, 4) is 0 Å². The number of carbonyl (C=O) groups is 2. The number of alkyl halides is 2. The highest BCUT2D eigenvalue weighted by Crippen LogP contribution is 2.15. The summed E-state index contributed by atoms with van der Waals surface area (Å²) in [4.78, 5) is 27.5. The molecule has 0 fully saturated rings. The van der Waals surface area contributed by atoms with Crippen molar-refractivity contribution < 1.29 is 18.4 Å². The van der Waals surface area contributed by atoms with E-state index in [9.17, 15) is 18.4 Å². The minimum Gasteiger partial charge on any atom is -0.347 e. The Kier molecular flexibility index (Phi) is 6.00. The first-order valence-electron chi connectivity index (χ1n) is 7.49. The smallest absolute Gasteiger partial charge is 0.319 e. The van der Waals surface area contributed by atoms with Crippen LogP contribution in [0.1, 0.15) is 24.9 Å². The van der Waals surface area contributed by atoms with Crippen LogP contribution < -0.4 is 10.6 Å². The van der Waals surface area contributed by atoms with Crippen molar-refractivity contribution in [2.24, 2.45) is 0 Å². The zero-order valence-corrected chi connectivity index (χ0v) is 13.1. The Morgan fingerprint density at radius 2 is 2.00 bits per heavy atom. The third-order valence-electron chi connectivity index (χ3n) is 3.45. The number of rotatable bonds is 6. The Morgan fingerprint density at radius 3 is 2.71 bits per heavy atom. The number of aromatic nitrogens is 2. The zero-order chi connectivity index (χ0) is 17.5. The molecule has 128 valence electrons. The molecular formula is C16H18F2N4O2. The van der Waals surface area contributed by atoms with Gasteiger partial charge in [0.2, 0.25) is 0 Å². The van der Waals surface area contributed by atoms with Crippen LogP contribution in [0, 0.1) is 0 Å². The summed E-state index contributed by atoms with van der Waals surface area (Å²) < 4.78 is 26.0. The molecule has 0 bridgehead atoms. The monoisotopic (exact) mass is 336 g/mol. The summed E-state index contributed by atoms with van der Waals surface area (Å²) in [5.41, 5.74) is 1.49. The highest BCUT2D eigenvalue weighted by molar-refractivity contribution is 6.39. The lowest BCUT2D eigenvalue weighted by molar-refractivity contribution is -0.136. The molecule has 0 aliphatic heterocycles. The van der Waals surface area contributed by atoms with Gasteiger partial charge < -0.3 is 10.6 Å². The van der Waals surface area contributed by atoms with Gasteiger partial charge in [0.1, 0.15) is 5.82 Å². The number of aryl methyl sites for hydroxylation is 1. The first-order chi connectivity index (χ1) is 11.5. The number of hydrogen-bond acceptors (Lipinski definition) is 3. The van der Waals surface area contributed by atoms with Gasteiger partial charge in [-0.05, 0) is 18.1 Å². The van der Waals surface area contributed by atoms with E-state index in [0.29, 0.717) is 16.7 Å². The van der Waals surface area contributed by atoms with Crippen molar-refractivity contribution in [3.63, 3.8) is 0 Å². The van der Waals surface area contributed by atoms with E-state index in [0.717, 1.165) is 11.8 Å². The number of hydrogen-bond donors (Lipinski definition) is 2. The fraction of sp³-hybridized carbons (Fsp3) is 0.312. The maximum atomic E-state index is 12.7. The number of para-hydroxylation sites is 1. The standard InChI is InChI=1S/C16H18F2N4O2/c1-2-11-5-3-4-6-12(11)21-15(24)14(23)20-8-7-13-19-9-10-22(13)16(17)18/h3-6,9-10,16H,2,7-8H2,1H3,(H,20,23)(H,21,24). The molecule has 2 rings (SSSR count). The molecule has 8 heteroatoms. The summed E-state index contributed by atoms with van der Waals surface area (Å²) in [5, 5.41) is 4.94. The molecule has 0 radical (unpaired) electrons. The van der Waals surface area contributed by atoms with Gasteiger partial charge in [0.05, 0.1) is 0 Å². The molecule has 24 heavy (non-hydrogen) atoms. The van der Waals surface area contributed by atoms with Gasteiger partial charge >= 0.3 is 18.4 Å². The summed E-state index contributed by atoms with van der Waals surface area (Å²) in [6, 6.07) is 7.18. The minimum atomic E-state index is -2.69. The largest absolute Gasteiger partial charge is 0.347 e. The number of halogens is 2. The lowest BCUT2D eigenvalue weighted by Gasteiger charge is -2.10. The molecule has 0 saturated heterocycles. The van der Waals surface area contributed by atoms with E-state index in [2.05, 4.69) is 15.6 Å². The van der Waals surface area contributed by atoms with Crippen LogP contribution in [0.4, 0.5) is 14.5 Å². The highest BCUT2D eigenvalue weighted by Gasteiger charge is 2.16. The maximum Gasteiger partial charge on any atom is 0.319 e. The van der Waals surface area contributed by atoms with E-state index < -0.39 is 18.4 Å². The van der Waals surface area contributed by atoms with Gasteiger partial charge in [-0.15, -0.1) is 0 Å². The van der Waals surface area contributed by atoms with Gasteiger partial charge in [-0.2, -0.15) is 8.78 Å². The first-order valence-corrected chi connectivity index (χ1v) is 7.49. The number of nitrogens with zero attached hydrogens (tertiary/aromatic N) is 2. The number of nitrogens with one attached hydrogen (secondary N) is 2. The molecule has 0 spiro atoms. The molecule has 1 heterocycles. The average molecular weight is 336 g/mol. The average Bonchev–Trinajstić information content (AvgIpc) is 3.04. The van der Waals surface area contributed by atoms with Gasteiger partial charge in [0, 0.05) is 31.0 Å². The molecule has 0 unspecified atom stereocenters. The molecule has 0 aliphatic rings. The van der Waals surface area contributed by atoms with Gasteiger partial charge in [-0.3, -0.25) is 14.2 Å². The molecule has 2 N–H and O–H groups in total. The van der Waals surface area contributed by atoms with Gasteiger partial charge in [0.15, 0.2) is 0 Å². The summed E-state index contributed by atoms with van der Waals surface area (Å²) in [6.45, 7) is -0.714. The Bertz CT molecular complexity index is 716. The number of carbonyl (C=O) groups excluding carboxylic acids is 2. The predicted molar refractivity (Wildman–Crippen MR) is 84.6 cm³/mol.